The van der Waals surface area contributed by atoms with Crippen molar-refractivity contribution in [2.45, 2.75) is 13.8 Å². The number of aromatic nitrogens is 1. The summed E-state index contributed by atoms with van der Waals surface area (Å²) in [4.78, 5) is 27.2. The van der Waals surface area contributed by atoms with Crippen LogP contribution in [-0.4, -0.2) is 15.8 Å². The molecule has 0 aliphatic heterocycles. The van der Waals surface area contributed by atoms with E-state index >= 15 is 0 Å². The molecule has 1 amide bonds. The van der Waals surface area contributed by atoms with Gasteiger partial charge >= 0.3 is 5.00 Å². The highest BCUT2D eigenvalue weighted by Crippen LogP contribution is 2.38. The Morgan fingerprint density at radius 1 is 1.50 bits per heavy atom. The number of thiazole rings is 1. The number of nitrogens with zero attached hydrogens (tertiary/aromatic N) is 3. The Hall–Kier alpha value is -1.99. The fourth-order valence-corrected chi connectivity index (χ4v) is 2.84. The fourth-order valence-electron chi connectivity index (χ4n) is 1.69. The third-order valence-electron chi connectivity index (χ3n) is 2.49. The quantitative estimate of drug-likeness (QED) is 0.639. The molecule has 0 aliphatic rings. The van der Waals surface area contributed by atoms with Crippen molar-refractivity contribution >= 4 is 44.7 Å². The van der Waals surface area contributed by atoms with Gasteiger partial charge in [0, 0.05) is 6.92 Å². The van der Waals surface area contributed by atoms with Crippen molar-refractivity contribution in [1.82, 2.24) is 4.98 Å². The van der Waals surface area contributed by atoms with Gasteiger partial charge in [-0.1, -0.05) is 23.7 Å². The second-order valence-electron chi connectivity index (χ2n) is 4.04. The highest BCUT2D eigenvalue weighted by atomic mass is 35.5. The van der Waals surface area contributed by atoms with Crippen molar-refractivity contribution < 1.29 is 9.72 Å². The topological polar surface area (TPSA) is 76.3 Å². The van der Waals surface area contributed by atoms with E-state index in [1.807, 2.05) is 13.0 Å². The molecule has 6 nitrogen and oxygen atoms in total. The summed E-state index contributed by atoms with van der Waals surface area (Å²) in [7, 11) is 0. The van der Waals surface area contributed by atoms with Crippen molar-refractivity contribution in [1.29, 1.82) is 0 Å². The predicted octanol–water partition coefficient (Wildman–Crippen LogP) is 3.70. The number of amides is 1. The summed E-state index contributed by atoms with van der Waals surface area (Å²) in [5, 5.41) is 10.5. The molecule has 0 spiro atoms. The van der Waals surface area contributed by atoms with E-state index < -0.39 is 4.92 Å². The van der Waals surface area contributed by atoms with Gasteiger partial charge in [0.25, 0.3) is 0 Å². The first-order chi connectivity index (χ1) is 9.40. The van der Waals surface area contributed by atoms with E-state index in [1.54, 1.807) is 18.2 Å². The molecule has 0 atom stereocenters. The zero-order valence-corrected chi connectivity index (χ0v) is 12.2. The third-order valence-corrected chi connectivity index (χ3v) is 3.86. The molecule has 0 unspecified atom stereocenters. The first kappa shape index (κ1) is 14.4. The summed E-state index contributed by atoms with van der Waals surface area (Å²) >= 11 is 6.49. The molecule has 104 valence electrons. The lowest BCUT2D eigenvalue weighted by atomic mass is 10.2. The van der Waals surface area contributed by atoms with Crippen LogP contribution in [0, 0.1) is 17.0 Å². The van der Waals surface area contributed by atoms with Crippen molar-refractivity contribution in [3.63, 3.8) is 0 Å². The lowest BCUT2D eigenvalue weighted by molar-refractivity contribution is -0.380. The Kier molecular flexibility index (Phi) is 4.01. The predicted molar refractivity (Wildman–Crippen MR) is 77.8 cm³/mol. The molecule has 2 aromatic rings. The number of hydrogen-bond acceptors (Lipinski definition) is 5. The average molecular weight is 312 g/mol. The summed E-state index contributed by atoms with van der Waals surface area (Å²) in [5.41, 5.74) is 1.56. The van der Waals surface area contributed by atoms with Crippen molar-refractivity contribution in [3.05, 3.63) is 45.1 Å². The third kappa shape index (κ3) is 2.78. The minimum absolute atomic E-state index is 0.180. The van der Waals surface area contributed by atoms with Crippen molar-refractivity contribution in [2.75, 3.05) is 4.90 Å². The van der Waals surface area contributed by atoms with Gasteiger partial charge in [-0.2, -0.15) is 0 Å². The molecular formula is C12H10ClN3O3S. The summed E-state index contributed by atoms with van der Waals surface area (Å²) in [6, 6.07) is 7.21. The smallest absolute Gasteiger partial charge is 0.274 e. The van der Waals surface area contributed by atoms with Gasteiger partial charge in [-0.25, -0.2) is 4.98 Å². The van der Waals surface area contributed by atoms with Gasteiger partial charge in [0.2, 0.25) is 16.2 Å². The van der Waals surface area contributed by atoms with Crippen LogP contribution in [0.5, 0.6) is 0 Å². The van der Waals surface area contributed by atoms with Crippen LogP contribution in [0.3, 0.4) is 0 Å². The summed E-state index contributed by atoms with van der Waals surface area (Å²) < 4.78 is 0. The number of carbonyl (C=O) groups excluding carboxylic acids is 1. The van der Waals surface area contributed by atoms with Gasteiger partial charge in [-0.3, -0.25) is 19.8 Å². The Morgan fingerprint density at radius 2 is 2.20 bits per heavy atom. The van der Waals surface area contributed by atoms with Crippen LogP contribution in [0.4, 0.5) is 15.8 Å². The van der Waals surface area contributed by atoms with Gasteiger partial charge in [-0.05, 0) is 36.0 Å². The molecule has 20 heavy (non-hydrogen) atoms. The molecule has 0 fully saturated rings. The van der Waals surface area contributed by atoms with Crippen LogP contribution in [-0.2, 0) is 4.79 Å². The number of aryl methyl sites for hydroxylation is 1. The molecular weight excluding hydrogens is 302 g/mol. The van der Waals surface area contributed by atoms with Gasteiger partial charge in [0.05, 0.1) is 10.6 Å². The molecule has 8 heteroatoms. The Balaban J connectivity index is 2.52. The molecule has 1 aromatic heterocycles. The summed E-state index contributed by atoms with van der Waals surface area (Å²) in [5.74, 6) is -0.295. The molecule has 1 heterocycles. The van der Waals surface area contributed by atoms with Crippen LogP contribution in [0.25, 0.3) is 0 Å². The number of anilines is 2. The molecule has 0 saturated carbocycles. The highest BCUT2D eigenvalue weighted by Gasteiger charge is 2.25. The average Bonchev–Trinajstić information content (AvgIpc) is 2.71. The number of hydrogen-bond donors (Lipinski definition) is 0. The molecule has 0 saturated heterocycles. The van der Waals surface area contributed by atoms with Crippen LogP contribution in [0.15, 0.2) is 24.3 Å². The molecule has 0 radical (unpaired) electrons. The number of halogens is 1. The van der Waals surface area contributed by atoms with Crippen LogP contribution < -0.4 is 4.90 Å². The monoisotopic (exact) mass is 311 g/mol. The number of nitro groups is 1. The van der Waals surface area contributed by atoms with Crippen molar-refractivity contribution in [2.24, 2.45) is 0 Å². The highest BCUT2D eigenvalue weighted by molar-refractivity contribution is 7.19. The summed E-state index contributed by atoms with van der Waals surface area (Å²) in [6.45, 7) is 3.25. The zero-order chi connectivity index (χ0) is 14.9. The SMILES string of the molecule is CC(=O)N(c1cccc(C)c1)c1nc(Cl)c([N+](=O)[O-])s1. The number of carbonyl (C=O) groups is 1. The number of benzene rings is 1. The maximum atomic E-state index is 11.8. The molecule has 0 bridgehead atoms. The first-order valence-electron chi connectivity index (χ1n) is 5.58. The van der Waals surface area contributed by atoms with Gasteiger partial charge in [0.1, 0.15) is 0 Å². The zero-order valence-electron chi connectivity index (χ0n) is 10.7. The largest absolute Gasteiger partial charge is 0.364 e. The van der Waals surface area contributed by atoms with E-state index in [1.165, 1.54) is 11.8 Å². The van der Waals surface area contributed by atoms with E-state index in [4.69, 9.17) is 11.6 Å². The normalized spacial score (nSPS) is 10.3. The van der Waals surface area contributed by atoms with Crippen LogP contribution >= 0.6 is 22.9 Å². The van der Waals surface area contributed by atoms with E-state index in [-0.39, 0.29) is 21.2 Å². The van der Waals surface area contributed by atoms with E-state index in [2.05, 4.69) is 4.98 Å². The molecule has 1 aromatic carbocycles. The lowest BCUT2D eigenvalue weighted by Gasteiger charge is -2.17. The molecule has 0 N–H and O–H groups in total. The molecule has 0 aliphatic carbocycles. The van der Waals surface area contributed by atoms with Crippen LogP contribution in [0.2, 0.25) is 5.15 Å². The Morgan fingerprint density at radius 3 is 2.70 bits per heavy atom. The van der Waals surface area contributed by atoms with E-state index in [0.717, 1.165) is 16.9 Å². The minimum atomic E-state index is -0.613. The minimum Gasteiger partial charge on any atom is -0.274 e. The Labute approximate surface area is 123 Å². The molecule has 2 rings (SSSR count). The second-order valence-corrected chi connectivity index (χ2v) is 5.36. The van der Waals surface area contributed by atoms with Gasteiger partial charge in [0.15, 0.2) is 0 Å². The number of rotatable bonds is 3. The maximum Gasteiger partial charge on any atom is 0.364 e. The van der Waals surface area contributed by atoms with E-state index in [9.17, 15) is 14.9 Å². The second kappa shape index (κ2) is 5.56. The summed E-state index contributed by atoms with van der Waals surface area (Å²) in [6.07, 6.45) is 0. The maximum absolute atomic E-state index is 11.8. The van der Waals surface area contributed by atoms with Crippen molar-refractivity contribution in [3.8, 4) is 0 Å². The van der Waals surface area contributed by atoms with Crippen LogP contribution in [0.1, 0.15) is 12.5 Å². The lowest BCUT2D eigenvalue weighted by Crippen LogP contribution is -2.22. The first-order valence-corrected chi connectivity index (χ1v) is 6.77. The Bertz CT molecular complexity index is 686. The van der Waals surface area contributed by atoms with E-state index in [0.29, 0.717) is 5.69 Å². The van der Waals surface area contributed by atoms with Gasteiger partial charge < -0.3 is 0 Å². The standard InChI is InChI=1S/C12H10ClN3O3S/c1-7-4-3-5-9(6-7)15(8(2)17)12-14-10(13)11(20-12)16(18)19/h3-6H,1-2H3. The van der Waals surface area contributed by atoms with Gasteiger partial charge in [-0.15, -0.1) is 0 Å². The fraction of sp³-hybridized carbons (Fsp3) is 0.167.